The molecule has 26 heavy (non-hydrogen) atoms. The summed E-state index contributed by atoms with van der Waals surface area (Å²) in [6, 6.07) is 1.40. The van der Waals surface area contributed by atoms with E-state index in [1.165, 1.54) is 38.5 Å². The van der Waals surface area contributed by atoms with Gasteiger partial charge in [-0.15, -0.1) is 0 Å². The number of hydrogen-bond donors (Lipinski definition) is 0. The molecule has 0 rings (SSSR count). The van der Waals surface area contributed by atoms with Gasteiger partial charge in [0.25, 0.3) is 0 Å². The second-order valence-corrected chi connectivity index (χ2v) is 12.0. The molecule has 0 unspecified atom stereocenters. The molecule has 0 aromatic heterocycles. The fourth-order valence-electron chi connectivity index (χ4n) is 4.74. The summed E-state index contributed by atoms with van der Waals surface area (Å²) in [5.41, 5.74) is 0.871. The molecule has 0 radical (unpaired) electrons. The van der Waals surface area contributed by atoms with Gasteiger partial charge in [-0.2, -0.15) is 0 Å². The Bertz CT molecular complexity index is 323. The molecule has 0 aliphatic heterocycles. The quantitative estimate of drug-likeness (QED) is 0.408. The van der Waals surface area contributed by atoms with Crippen molar-refractivity contribution in [3.05, 3.63) is 0 Å². The van der Waals surface area contributed by atoms with Crippen LogP contribution in [0.1, 0.15) is 93.9 Å². The molecule has 158 valence electrons. The van der Waals surface area contributed by atoms with Crippen LogP contribution in [0.3, 0.4) is 0 Å². The van der Waals surface area contributed by atoms with Crippen molar-refractivity contribution in [3.63, 3.8) is 0 Å². The van der Waals surface area contributed by atoms with Gasteiger partial charge in [0.05, 0.1) is 0 Å². The Balaban J connectivity index is 4.69. The van der Waals surface area contributed by atoms with Crippen LogP contribution in [0.15, 0.2) is 0 Å². The molecule has 0 aliphatic carbocycles. The summed E-state index contributed by atoms with van der Waals surface area (Å²) in [5.74, 6) is 1.58. The van der Waals surface area contributed by atoms with Crippen LogP contribution in [0, 0.1) is 22.7 Å². The molecular formula is C24H52N2. The fraction of sp³-hybridized carbons (Fsp3) is 1.00. The fourth-order valence-corrected chi connectivity index (χ4v) is 4.74. The topological polar surface area (TPSA) is 6.48 Å². The van der Waals surface area contributed by atoms with Crippen LogP contribution in [0.5, 0.6) is 0 Å². The van der Waals surface area contributed by atoms with E-state index in [1.54, 1.807) is 0 Å². The molecule has 0 N–H and O–H groups in total. The van der Waals surface area contributed by atoms with E-state index in [1.807, 2.05) is 0 Å². The van der Waals surface area contributed by atoms with Crippen LogP contribution >= 0.6 is 0 Å². The summed E-state index contributed by atoms with van der Waals surface area (Å²) < 4.78 is 0. The maximum absolute atomic E-state index is 2.46. The summed E-state index contributed by atoms with van der Waals surface area (Å²) >= 11 is 0. The maximum Gasteiger partial charge on any atom is 0.00922 e. The largest absolute Gasteiger partial charge is 0.306 e. The van der Waals surface area contributed by atoms with E-state index < -0.39 is 0 Å². The van der Waals surface area contributed by atoms with Crippen molar-refractivity contribution in [2.75, 3.05) is 28.2 Å². The van der Waals surface area contributed by atoms with E-state index in [0.29, 0.717) is 22.9 Å². The van der Waals surface area contributed by atoms with Crippen molar-refractivity contribution in [2.24, 2.45) is 22.7 Å². The van der Waals surface area contributed by atoms with Crippen LogP contribution in [0.2, 0.25) is 0 Å². The highest BCUT2D eigenvalue weighted by atomic mass is 15.1. The van der Waals surface area contributed by atoms with Gasteiger partial charge in [0.1, 0.15) is 0 Å². The minimum atomic E-state index is 0.435. The van der Waals surface area contributed by atoms with Gasteiger partial charge in [0, 0.05) is 12.1 Å². The van der Waals surface area contributed by atoms with Crippen LogP contribution in [0.4, 0.5) is 0 Å². The molecule has 0 heterocycles. The van der Waals surface area contributed by atoms with Gasteiger partial charge in [0.2, 0.25) is 0 Å². The second kappa shape index (κ2) is 11.1. The third kappa shape index (κ3) is 13.1. The highest BCUT2D eigenvalue weighted by Crippen LogP contribution is 2.30. The Hall–Kier alpha value is -0.0800. The minimum absolute atomic E-state index is 0.435. The van der Waals surface area contributed by atoms with Gasteiger partial charge >= 0.3 is 0 Å². The van der Waals surface area contributed by atoms with E-state index in [9.17, 15) is 0 Å². The van der Waals surface area contributed by atoms with Crippen molar-refractivity contribution >= 4 is 0 Å². The van der Waals surface area contributed by atoms with Crippen molar-refractivity contribution in [3.8, 4) is 0 Å². The first-order valence-corrected chi connectivity index (χ1v) is 10.9. The first kappa shape index (κ1) is 25.9. The molecule has 0 aromatic carbocycles. The normalized spacial score (nSPS) is 18.2. The lowest BCUT2D eigenvalue weighted by Crippen LogP contribution is -2.35. The zero-order chi connectivity index (χ0) is 20.7. The van der Waals surface area contributed by atoms with Crippen LogP contribution in [-0.2, 0) is 0 Å². The average molecular weight is 369 g/mol. The molecule has 0 saturated carbocycles. The van der Waals surface area contributed by atoms with Crippen LogP contribution in [-0.4, -0.2) is 50.1 Å². The van der Waals surface area contributed by atoms with Gasteiger partial charge in [-0.25, -0.2) is 0 Å². The molecular weight excluding hydrogens is 316 g/mol. The Morgan fingerprint density at radius 3 is 1.04 bits per heavy atom. The summed E-state index contributed by atoms with van der Waals surface area (Å²) in [7, 11) is 9.06. The highest BCUT2D eigenvalue weighted by Gasteiger charge is 2.24. The van der Waals surface area contributed by atoms with E-state index in [2.05, 4.69) is 93.4 Å². The molecule has 0 aliphatic rings. The third-order valence-corrected chi connectivity index (χ3v) is 5.56. The van der Waals surface area contributed by atoms with Crippen molar-refractivity contribution in [2.45, 2.75) is 106 Å². The Morgan fingerprint density at radius 1 is 0.577 bits per heavy atom. The van der Waals surface area contributed by atoms with Crippen LogP contribution in [0.25, 0.3) is 0 Å². The van der Waals surface area contributed by atoms with Crippen molar-refractivity contribution < 1.29 is 0 Å². The second-order valence-electron chi connectivity index (χ2n) is 12.0. The molecule has 2 nitrogen and oxygen atoms in total. The standard InChI is InChI=1S/C24H52N2/c1-19(17-23(3,4)5)15-21(25(9)10)13-14-22(26(11)12)16-20(2)18-24(6,7)8/h19-22H,13-18H2,1-12H3/t19-,20-,21-,22+/m1/s1. The third-order valence-electron chi connectivity index (χ3n) is 5.56. The Morgan fingerprint density at radius 2 is 0.846 bits per heavy atom. The lowest BCUT2D eigenvalue weighted by atomic mass is 9.80. The van der Waals surface area contributed by atoms with Gasteiger partial charge in [-0.3, -0.25) is 0 Å². The zero-order valence-electron chi connectivity index (χ0n) is 20.4. The first-order chi connectivity index (χ1) is 11.6. The summed E-state index contributed by atoms with van der Waals surface area (Å²) in [6.07, 6.45) is 7.90. The average Bonchev–Trinajstić information content (AvgIpc) is 2.36. The molecule has 0 saturated heterocycles. The lowest BCUT2D eigenvalue weighted by Gasteiger charge is -2.34. The summed E-state index contributed by atoms with van der Waals surface area (Å²) in [4.78, 5) is 4.93. The zero-order valence-corrected chi connectivity index (χ0v) is 20.4. The predicted molar refractivity (Wildman–Crippen MR) is 120 cm³/mol. The lowest BCUT2D eigenvalue weighted by molar-refractivity contribution is 0.167. The maximum atomic E-state index is 2.46. The number of nitrogens with zero attached hydrogens (tertiary/aromatic N) is 2. The SMILES string of the molecule is C[C@H](C[C@@H](CC[C@@H](C[C@@H](C)CC(C)(C)C)N(C)C)N(C)C)CC(C)(C)C. The first-order valence-electron chi connectivity index (χ1n) is 10.9. The number of rotatable bonds is 11. The minimum Gasteiger partial charge on any atom is -0.306 e. The van der Waals surface area contributed by atoms with E-state index in [0.717, 1.165) is 11.8 Å². The molecule has 4 atom stereocenters. The molecule has 0 amide bonds. The molecule has 0 spiro atoms. The predicted octanol–water partition coefficient (Wildman–Crippen LogP) is 6.55. The smallest absolute Gasteiger partial charge is 0.00922 e. The van der Waals surface area contributed by atoms with Crippen molar-refractivity contribution in [1.82, 2.24) is 9.80 Å². The Kier molecular flexibility index (Phi) is 11.0. The summed E-state index contributed by atoms with van der Waals surface area (Å²) in [6.45, 7) is 19.1. The van der Waals surface area contributed by atoms with Crippen LogP contribution < -0.4 is 0 Å². The molecule has 2 heteroatoms. The van der Waals surface area contributed by atoms with Gasteiger partial charge < -0.3 is 9.80 Å². The molecule has 0 fully saturated rings. The van der Waals surface area contributed by atoms with E-state index in [-0.39, 0.29) is 0 Å². The monoisotopic (exact) mass is 368 g/mol. The van der Waals surface area contributed by atoms with E-state index >= 15 is 0 Å². The highest BCUT2D eigenvalue weighted by molar-refractivity contribution is 4.79. The summed E-state index contributed by atoms with van der Waals surface area (Å²) in [5, 5.41) is 0. The van der Waals surface area contributed by atoms with Gasteiger partial charge in [-0.1, -0.05) is 55.4 Å². The van der Waals surface area contributed by atoms with E-state index in [4.69, 9.17) is 0 Å². The van der Waals surface area contributed by atoms with Gasteiger partial charge in [-0.05, 0) is 89.4 Å². The molecule has 0 bridgehead atoms. The van der Waals surface area contributed by atoms with Gasteiger partial charge in [0.15, 0.2) is 0 Å². The molecule has 0 aromatic rings. The Labute approximate surface area is 167 Å². The number of hydrogen-bond acceptors (Lipinski definition) is 2. The van der Waals surface area contributed by atoms with Crippen molar-refractivity contribution in [1.29, 1.82) is 0 Å².